The van der Waals surface area contributed by atoms with E-state index in [0.29, 0.717) is 0 Å². The van der Waals surface area contributed by atoms with E-state index in [4.69, 9.17) is 0 Å². The summed E-state index contributed by atoms with van der Waals surface area (Å²) in [6.07, 6.45) is 0.559. The zero-order valence-corrected chi connectivity index (χ0v) is 17.1. The predicted octanol–water partition coefficient (Wildman–Crippen LogP) is 3.11. The van der Waals surface area contributed by atoms with E-state index in [9.17, 15) is 19.3 Å². The summed E-state index contributed by atoms with van der Waals surface area (Å²) >= 11 is 0. The predicted molar refractivity (Wildman–Crippen MR) is 119 cm³/mol. The summed E-state index contributed by atoms with van der Waals surface area (Å²) < 4.78 is 23.7. The van der Waals surface area contributed by atoms with E-state index >= 15 is 0 Å². The first-order valence-corrected chi connectivity index (χ1v) is 11.5. The van der Waals surface area contributed by atoms with Gasteiger partial charge in [-0.05, 0) is 52.4 Å². The summed E-state index contributed by atoms with van der Waals surface area (Å²) in [5.74, 6) is -0.0395. The number of rotatable bonds is 3. The average Bonchev–Trinajstić information content (AvgIpc) is 2.86. The van der Waals surface area contributed by atoms with Gasteiger partial charge in [-0.25, -0.2) is 0 Å². The fourth-order valence-electron chi connectivity index (χ4n) is 4.53. The minimum absolute atomic E-state index is 0.0122. The number of benzene rings is 3. The third-order valence-corrected chi connectivity index (χ3v) is 7.40. The van der Waals surface area contributed by atoms with Gasteiger partial charge >= 0.3 is 0 Å². The number of nitrogens with zero attached hydrogens (tertiary/aromatic N) is 1. The molecule has 7 nitrogen and oxygen atoms in total. The molecule has 2 aliphatic rings. The summed E-state index contributed by atoms with van der Waals surface area (Å²) in [6.45, 7) is 0.781. The molecule has 0 aliphatic carbocycles. The molecule has 0 bridgehead atoms. The smallest absolute Gasteiger partial charge is 0.142 e. The summed E-state index contributed by atoms with van der Waals surface area (Å²) in [7, 11) is -3.35. The van der Waals surface area contributed by atoms with Gasteiger partial charge in [0.1, 0.15) is 17.7 Å². The number of aliphatic hydroxyl groups is 1. The highest BCUT2D eigenvalue weighted by Gasteiger charge is 2.36. The van der Waals surface area contributed by atoms with Crippen LogP contribution in [0.2, 0.25) is 0 Å². The van der Waals surface area contributed by atoms with Crippen LogP contribution in [0, 0.1) is 0 Å². The van der Waals surface area contributed by atoms with Gasteiger partial charge in [0.2, 0.25) is 0 Å². The molecule has 2 unspecified atom stereocenters. The Morgan fingerprint density at radius 1 is 1.03 bits per heavy atom. The molecule has 3 aromatic rings. The van der Waals surface area contributed by atoms with Crippen LogP contribution in [0.3, 0.4) is 0 Å². The molecule has 0 amide bonds. The molecular formula is C22H25N3O4S. The quantitative estimate of drug-likeness (QED) is 0.381. The maximum Gasteiger partial charge on any atom is 0.142 e. The third-order valence-electron chi connectivity index (χ3n) is 5.86. The number of phenols is 1. The lowest BCUT2D eigenvalue weighted by Gasteiger charge is -2.36. The van der Waals surface area contributed by atoms with Crippen molar-refractivity contribution < 1.29 is 19.3 Å². The summed E-state index contributed by atoms with van der Waals surface area (Å²) in [6, 6.07) is 18.3. The van der Waals surface area contributed by atoms with Crippen LogP contribution in [0.1, 0.15) is 16.7 Å². The number of aromatic hydroxyl groups is 1. The van der Waals surface area contributed by atoms with Gasteiger partial charge in [-0.2, -0.15) is 4.72 Å². The van der Waals surface area contributed by atoms with Crippen molar-refractivity contribution in [1.82, 2.24) is 10.0 Å². The van der Waals surface area contributed by atoms with Gasteiger partial charge in [-0.1, -0.05) is 53.4 Å². The van der Waals surface area contributed by atoms with E-state index in [1.54, 1.807) is 12.1 Å². The van der Waals surface area contributed by atoms with Crippen LogP contribution < -0.4 is 14.3 Å². The van der Waals surface area contributed by atoms with Crippen molar-refractivity contribution in [2.24, 2.45) is 0 Å². The number of aliphatic hydroxyl groups excluding tert-OH is 1. The summed E-state index contributed by atoms with van der Waals surface area (Å²) in [4.78, 5) is 0. The molecular weight excluding hydrogens is 402 g/mol. The van der Waals surface area contributed by atoms with Crippen LogP contribution in [-0.4, -0.2) is 38.1 Å². The molecule has 3 aromatic carbocycles. The number of hydrogen-bond donors (Lipinski definition) is 6. The van der Waals surface area contributed by atoms with Crippen molar-refractivity contribution in [3.05, 3.63) is 71.3 Å². The van der Waals surface area contributed by atoms with Crippen molar-refractivity contribution >= 4 is 27.4 Å². The zero-order chi connectivity index (χ0) is 20.9. The zero-order valence-electron chi connectivity index (χ0n) is 16.3. The van der Waals surface area contributed by atoms with Gasteiger partial charge in [-0.15, -0.1) is 0 Å². The Hall–Kier alpha value is -2.33. The van der Waals surface area contributed by atoms with Gasteiger partial charge < -0.3 is 15.5 Å². The Bertz CT molecular complexity index is 1100. The van der Waals surface area contributed by atoms with Crippen LogP contribution in [0.4, 0.5) is 5.69 Å². The molecule has 2 heterocycles. The highest BCUT2D eigenvalue weighted by molar-refractivity contribution is 8.24. The van der Waals surface area contributed by atoms with Crippen molar-refractivity contribution in [2.45, 2.75) is 31.7 Å². The molecule has 5 rings (SSSR count). The van der Waals surface area contributed by atoms with Crippen LogP contribution in [0.5, 0.6) is 5.75 Å². The minimum Gasteiger partial charge on any atom is -0.506 e. The maximum atomic E-state index is 10.5. The normalized spacial score (nSPS) is 24.0. The number of nitrogens with one attached hydrogen (secondary N) is 2. The fraction of sp³-hybridized carbons (Fsp3) is 0.273. The minimum atomic E-state index is -3.35. The Morgan fingerprint density at radius 2 is 1.80 bits per heavy atom. The molecule has 8 heteroatoms. The first-order valence-electron chi connectivity index (χ1n) is 9.97. The highest BCUT2D eigenvalue weighted by atomic mass is 32.3. The Morgan fingerprint density at radius 3 is 2.50 bits per heavy atom. The Kier molecular flexibility index (Phi) is 4.85. The Labute approximate surface area is 176 Å². The molecule has 158 valence electrons. The second-order valence-corrected chi connectivity index (χ2v) is 9.67. The maximum absolute atomic E-state index is 10.5. The molecule has 2 atom stereocenters. The van der Waals surface area contributed by atoms with E-state index < -0.39 is 17.2 Å². The van der Waals surface area contributed by atoms with Gasteiger partial charge in [0.15, 0.2) is 0 Å². The summed E-state index contributed by atoms with van der Waals surface area (Å²) in [5, 5.41) is 26.4. The van der Waals surface area contributed by atoms with Gasteiger partial charge in [0.25, 0.3) is 0 Å². The van der Waals surface area contributed by atoms with E-state index in [1.807, 2.05) is 6.07 Å². The lowest BCUT2D eigenvalue weighted by molar-refractivity contribution is 0.182. The van der Waals surface area contributed by atoms with E-state index in [1.165, 1.54) is 26.2 Å². The van der Waals surface area contributed by atoms with Crippen molar-refractivity contribution in [1.29, 1.82) is 0 Å². The number of anilines is 1. The molecule has 0 saturated carbocycles. The van der Waals surface area contributed by atoms with Gasteiger partial charge in [0.05, 0.1) is 6.54 Å². The first-order chi connectivity index (χ1) is 14.4. The fourth-order valence-corrected chi connectivity index (χ4v) is 5.87. The standard InChI is InChI=1S/C22H25N3O4S/c26-20-10-14(7-8-19(20)25-13-21(27)24-30(25,28)29)9-18-11-16-5-1-3-15-4-2-6-17(12-23-18)22(15)16/h1-8,10,18,21,23-24,26-29H,9,11-13H2. The summed E-state index contributed by atoms with van der Waals surface area (Å²) in [5.41, 5.74) is 3.86. The molecule has 0 spiro atoms. The molecule has 30 heavy (non-hydrogen) atoms. The van der Waals surface area contributed by atoms with Crippen LogP contribution in [0.15, 0.2) is 54.6 Å². The third kappa shape index (κ3) is 3.51. The van der Waals surface area contributed by atoms with E-state index in [2.05, 4.69) is 46.4 Å². The highest BCUT2D eigenvalue weighted by Crippen LogP contribution is 2.49. The van der Waals surface area contributed by atoms with Gasteiger partial charge in [-0.3, -0.25) is 13.4 Å². The second kappa shape index (κ2) is 7.42. The van der Waals surface area contributed by atoms with Gasteiger partial charge in [0, 0.05) is 12.6 Å². The number of β-amino-alcohol motifs (C(OH)–C–C–N with tert-alkyl or cyclic N) is 1. The van der Waals surface area contributed by atoms with Crippen LogP contribution in [0.25, 0.3) is 10.8 Å². The molecule has 1 fully saturated rings. The average molecular weight is 428 g/mol. The van der Waals surface area contributed by atoms with Crippen molar-refractivity contribution in [2.75, 3.05) is 10.8 Å². The number of hydrogen-bond acceptors (Lipinski definition) is 7. The largest absolute Gasteiger partial charge is 0.506 e. The second-order valence-electron chi connectivity index (χ2n) is 7.96. The SMILES string of the molecule is Oc1cc(CC2Cc3cccc4cccc(c34)CN2)ccc1N1CC(O)NS1(O)O. The van der Waals surface area contributed by atoms with Crippen LogP contribution >= 0.6 is 11.0 Å². The molecule has 6 N–H and O–H groups in total. The lowest BCUT2D eigenvalue weighted by Crippen LogP contribution is -2.31. The Balaban J connectivity index is 1.37. The number of phenolic OH excluding ortho intramolecular Hbond substituents is 1. The lowest BCUT2D eigenvalue weighted by atomic mass is 9.95. The van der Waals surface area contributed by atoms with Crippen LogP contribution in [-0.2, 0) is 19.4 Å². The first kappa shape index (κ1) is 19.6. The molecule has 2 aliphatic heterocycles. The van der Waals surface area contributed by atoms with E-state index in [-0.39, 0.29) is 24.0 Å². The monoisotopic (exact) mass is 427 g/mol. The van der Waals surface area contributed by atoms with E-state index in [0.717, 1.165) is 24.9 Å². The van der Waals surface area contributed by atoms with Crippen molar-refractivity contribution in [3.63, 3.8) is 0 Å². The molecule has 0 aromatic heterocycles. The topological polar surface area (TPSA) is 108 Å². The van der Waals surface area contributed by atoms with Crippen molar-refractivity contribution in [3.8, 4) is 5.75 Å². The molecule has 0 radical (unpaired) electrons. The molecule has 1 saturated heterocycles.